The van der Waals surface area contributed by atoms with E-state index in [1.54, 1.807) is 12.1 Å². The maximum Gasteiger partial charge on any atom is 0.306 e. The molecule has 2 atom stereocenters. The molecule has 3 aliphatic rings. The van der Waals surface area contributed by atoms with Crippen molar-refractivity contribution in [3.05, 3.63) is 82.7 Å². The number of halogens is 1. The third kappa shape index (κ3) is 4.52. The fourth-order valence-corrected chi connectivity index (χ4v) is 5.01. The number of hydrogen-bond donors (Lipinski definition) is 0. The van der Waals surface area contributed by atoms with Crippen LogP contribution in [0.5, 0.6) is 23.0 Å². The molecule has 0 aromatic heterocycles. The smallest absolute Gasteiger partial charge is 0.306 e. The molecule has 9 heteroatoms. The van der Waals surface area contributed by atoms with Crippen LogP contribution in [0.3, 0.4) is 0 Å². The van der Waals surface area contributed by atoms with E-state index in [4.69, 9.17) is 18.9 Å². The Morgan fingerprint density at radius 1 is 1.11 bits per heavy atom. The second-order valence-corrected chi connectivity index (χ2v) is 9.13. The zero-order valence-electron chi connectivity index (χ0n) is 20.1. The van der Waals surface area contributed by atoms with E-state index in [0.717, 1.165) is 22.4 Å². The minimum atomic E-state index is -0.445. The van der Waals surface area contributed by atoms with Gasteiger partial charge in [-0.1, -0.05) is 6.07 Å². The molecule has 37 heavy (non-hydrogen) atoms. The van der Waals surface area contributed by atoms with Crippen LogP contribution in [0.4, 0.5) is 4.39 Å². The van der Waals surface area contributed by atoms with Gasteiger partial charge in [-0.3, -0.25) is 4.79 Å². The minimum Gasteiger partial charge on any atom is -0.492 e. The molecule has 8 nitrogen and oxygen atoms in total. The molecule has 2 heterocycles. The Labute approximate surface area is 212 Å². The van der Waals surface area contributed by atoms with Crippen molar-refractivity contribution in [3.8, 4) is 23.0 Å². The highest BCUT2D eigenvalue weighted by molar-refractivity contribution is 6.02. The van der Waals surface area contributed by atoms with Crippen LogP contribution < -0.4 is 14.2 Å². The Morgan fingerprint density at radius 3 is 2.73 bits per heavy atom. The van der Waals surface area contributed by atoms with Gasteiger partial charge in [-0.25, -0.2) is 4.39 Å². The summed E-state index contributed by atoms with van der Waals surface area (Å²) in [4.78, 5) is 11.7. The first-order chi connectivity index (χ1) is 18.1. The third-order valence-corrected chi connectivity index (χ3v) is 6.89. The van der Waals surface area contributed by atoms with Crippen LogP contribution in [0.25, 0.3) is 0 Å². The first-order valence-corrected chi connectivity index (χ1v) is 12.1. The van der Waals surface area contributed by atoms with Crippen LogP contribution in [0.15, 0.2) is 70.0 Å². The molecular weight excluding hydrogens is 477 g/mol. The number of hydrogen-bond acceptors (Lipinski definition) is 8. The van der Waals surface area contributed by atoms with Crippen molar-refractivity contribution < 1.29 is 28.1 Å². The zero-order chi connectivity index (χ0) is 25.4. The van der Waals surface area contributed by atoms with Gasteiger partial charge in [0.1, 0.15) is 41.5 Å². The fourth-order valence-electron chi connectivity index (χ4n) is 5.01. The molecular formula is C28H24FN3O5. The maximum absolute atomic E-state index is 15.0. The Balaban J connectivity index is 1.18. The molecule has 0 spiro atoms. The number of carbonyl (C=O) groups is 1. The summed E-state index contributed by atoms with van der Waals surface area (Å²) in [5.41, 5.74) is 4.02. The van der Waals surface area contributed by atoms with Gasteiger partial charge in [0.15, 0.2) is 0 Å². The summed E-state index contributed by atoms with van der Waals surface area (Å²) in [5.74, 6) is 1.88. The molecule has 1 aliphatic carbocycles. The first kappa shape index (κ1) is 23.1. The molecule has 0 N–H and O–H groups in total. The Kier molecular flexibility index (Phi) is 6.04. The van der Waals surface area contributed by atoms with Gasteiger partial charge in [0, 0.05) is 34.2 Å². The van der Waals surface area contributed by atoms with Crippen LogP contribution >= 0.6 is 0 Å². The molecule has 2 aliphatic heterocycles. The maximum atomic E-state index is 15.0. The fraction of sp³-hybridized carbons (Fsp3) is 0.286. The van der Waals surface area contributed by atoms with Crippen LogP contribution in [-0.4, -0.2) is 31.9 Å². The summed E-state index contributed by atoms with van der Waals surface area (Å²) >= 11 is 0. The topological polar surface area (TPSA) is 91.1 Å². The number of ether oxygens (including phenoxy) is 4. The molecule has 0 fully saturated rings. The summed E-state index contributed by atoms with van der Waals surface area (Å²) in [6.07, 6.45) is 1.07. The van der Waals surface area contributed by atoms with Crippen LogP contribution in [0.1, 0.15) is 47.1 Å². The molecule has 0 amide bonds. The van der Waals surface area contributed by atoms with E-state index < -0.39 is 6.10 Å². The van der Waals surface area contributed by atoms with Crippen LogP contribution in [0, 0.1) is 5.82 Å². The Hall–Kier alpha value is -4.27. The van der Waals surface area contributed by atoms with E-state index in [0.29, 0.717) is 54.6 Å². The van der Waals surface area contributed by atoms with Crippen LogP contribution in [0.2, 0.25) is 0 Å². The van der Waals surface area contributed by atoms with Gasteiger partial charge in [-0.2, -0.15) is 5.11 Å². The standard InChI is InChI=1S/C28H24FN3O5/c1-34-27(33)12-17-15-35-26-13-19(6-7-20(17)26)37-25-10-8-21-24(11-9-22(29)28(21)25)36-18-4-2-16(3-5-18)23-14-30-32-31-23/h2-7,9,11,13,17,25H,8,10,12,14-15H2,1H3/t17-,25-/m1/s1. The SMILES string of the molecule is COC(=O)C[C@@H]1COc2cc(O[C@@H]3CCc4c(Oc5ccc(C6=NN=NC6)cc5)ccc(F)c43)ccc21. The van der Waals surface area contributed by atoms with Crippen molar-refractivity contribution in [2.45, 2.75) is 31.3 Å². The first-order valence-electron chi connectivity index (χ1n) is 12.1. The number of methoxy groups -OCH3 is 1. The zero-order valence-corrected chi connectivity index (χ0v) is 20.1. The lowest BCUT2D eigenvalue weighted by Crippen LogP contribution is -2.09. The predicted molar refractivity (Wildman–Crippen MR) is 132 cm³/mol. The van der Waals surface area contributed by atoms with Gasteiger partial charge in [0.2, 0.25) is 0 Å². The Bertz CT molecular complexity index is 1420. The van der Waals surface area contributed by atoms with Gasteiger partial charge in [-0.15, -0.1) is 5.10 Å². The van der Waals surface area contributed by atoms with Crippen molar-refractivity contribution in [3.63, 3.8) is 0 Å². The van der Waals surface area contributed by atoms with Crippen molar-refractivity contribution in [2.75, 3.05) is 20.3 Å². The molecule has 3 aromatic carbocycles. The lowest BCUT2D eigenvalue weighted by Gasteiger charge is -2.17. The normalized spacial score (nSPS) is 19.1. The number of benzene rings is 3. The second-order valence-electron chi connectivity index (χ2n) is 9.13. The molecule has 6 rings (SSSR count). The lowest BCUT2D eigenvalue weighted by atomic mass is 9.98. The van der Waals surface area contributed by atoms with Crippen molar-refractivity contribution >= 4 is 11.7 Å². The van der Waals surface area contributed by atoms with E-state index in [2.05, 4.69) is 15.4 Å². The molecule has 0 saturated carbocycles. The molecule has 0 unspecified atom stereocenters. The number of fused-ring (bicyclic) bond motifs is 2. The quantitative estimate of drug-likeness (QED) is 0.376. The predicted octanol–water partition coefficient (Wildman–Crippen LogP) is 5.89. The molecule has 188 valence electrons. The van der Waals surface area contributed by atoms with Gasteiger partial charge < -0.3 is 18.9 Å². The molecule has 0 radical (unpaired) electrons. The summed E-state index contributed by atoms with van der Waals surface area (Å²) in [5, 5.41) is 11.5. The van der Waals surface area contributed by atoms with Gasteiger partial charge in [-0.05, 0) is 60.5 Å². The highest BCUT2D eigenvalue weighted by Gasteiger charge is 2.32. The van der Waals surface area contributed by atoms with Crippen molar-refractivity contribution in [1.82, 2.24) is 0 Å². The van der Waals surface area contributed by atoms with E-state index in [9.17, 15) is 9.18 Å². The monoisotopic (exact) mass is 501 g/mol. The van der Waals surface area contributed by atoms with E-state index >= 15 is 0 Å². The van der Waals surface area contributed by atoms with Gasteiger partial charge >= 0.3 is 5.97 Å². The number of nitrogens with zero attached hydrogens (tertiary/aromatic N) is 3. The summed E-state index contributed by atoms with van der Waals surface area (Å²) < 4.78 is 37.9. The van der Waals surface area contributed by atoms with E-state index in [-0.39, 0.29) is 24.1 Å². The van der Waals surface area contributed by atoms with E-state index in [1.165, 1.54) is 13.2 Å². The summed E-state index contributed by atoms with van der Waals surface area (Å²) in [6, 6.07) is 16.2. The lowest BCUT2D eigenvalue weighted by molar-refractivity contribution is -0.141. The number of esters is 1. The average Bonchev–Trinajstić information content (AvgIpc) is 3.67. The summed E-state index contributed by atoms with van der Waals surface area (Å²) in [6.45, 7) is 0.882. The molecule has 0 saturated heterocycles. The molecule has 3 aromatic rings. The van der Waals surface area contributed by atoms with Gasteiger partial charge in [0.25, 0.3) is 0 Å². The highest BCUT2D eigenvalue weighted by atomic mass is 19.1. The third-order valence-electron chi connectivity index (χ3n) is 6.89. The average molecular weight is 502 g/mol. The van der Waals surface area contributed by atoms with Gasteiger partial charge in [0.05, 0.1) is 25.8 Å². The summed E-state index contributed by atoms with van der Waals surface area (Å²) in [7, 11) is 1.38. The minimum absolute atomic E-state index is 0.0499. The largest absolute Gasteiger partial charge is 0.492 e. The number of carbonyl (C=O) groups excluding carboxylic acids is 1. The highest BCUT2D eigenvalue weighted by Crippen LogP contribution is 2.44. The number of rotatable bonds is 7. The van der Waals surface area contributed by atoms with Crippen molar-refractivity contribution in [2.24, 2.45) is 15.4 Å². The Morgan fingerprint density at radius 2 is 1.95 bits per heavy atom. The second kappa shape index (κ2) is 9.65. The molecule has 0 bridgehead atoms. The van der Waals surface area contributed by atoms with Crippen LogP contribution in [-0.2, 0) is 16.0 Å². The van der Waals surface area contributed by atoms with Crippen molar-refractivity contribution in [1.29, 1.82) is 0 Å². The van der Waals surface area contributed by atoms with E-state index in [1.807, 2.05) is 36.4 Å².